The average molecular weight is 388 g/mol. The van der Waals surface area contributed by atoms with Crippen molar-refractivity contribution in [1.82, 2.24) is 20.2 Å². The average Bonchev–Trinajstić information content (AvgIpc) is 3.12. The molecule has 3 rings (SSSR count). The second-order valence-corrected chi connectivity index (χ2v) is 7.22. The summed E-state index contributed by atoms with van der Waals surface area (Å²) in [5, 5.41) is 11.1. The molecular weight excluding hydrogens is 372 g/mol. The van der Waals surface area contributed by atoms with E-state index in [0.717, 1.165) is 10.4 Å². The number of methoxy groups -OCH3 is 1. The number of rotatable bonds is 6. The van der Waals surface area contributed by atoms with E-state index in [1.807, 2.05) is 0 Å². The van der Waals surface area contributed by atoms with Crippen LogP contribution in [0.1, 0.15) is 16.2 Å². The summed E-state index contributed by atoms with van der Waals surface area (Å²) in [6, 6.07) is 11.1. The molecule has 10 nitrogen and oxygen atoms in total. The minimum atomic E-state index is -3.85. The lowest BCUT2D eigenvalue weighted by Crippen LogP contribution is -2.14. The van der Waals surface area contributed by atoms with Gasteiger partial charge in [0.1, 0.15) is 10.6 Å². The minimum absolute atomic E-state index is 0.0399. The molecule has 1 heterocycles. The molecule has 0 saturated carbocycles. The van der Waals surface area contributed by atoms with E-state index in [1.165, 1.54) is 25.3 Å². The van der Waals surface area contributed by atoms with Gasteiger partial charge in [-0.2, -0.15) is 0 Å². The number of amides is 1. The maximum atomic E-state index is 12.7. The highest BCUT2D eigenvalue weighted by molar-refractivity contribution is 7.92. The number of aryl methyl sites for hydroxylation is 1. The van der Waals surface area contributed by atoms with Crippen LogP contribution in [0.3, 0.4) is 0 Å². The number of primary amides is 1. The van der Waals surface area contributed by atoms with Crippen molar-refractivity contribution in [3.63, 3.8) is 0 Å². The van der Waals surface area contributed by atoms with Gasteiger partial charge in [0.15, 0.2) is 0 Å². The molecule has 0 unspecified atom stereocenters. The summed E-state index contributed by atoms with van der Waals surface area (Å²) in [6.07, 6.45) is 0. The van der Waals surface area contributed by atoms with E-state index in [-0.39, 0.29) is 16.5 Å². The maximum Gasteiger partial charge on any atom is 0.290 e. The summed E-state index contributed by atoms with van der Waals surface area (Å²) in [4.78, 5) is 12.2. The molecule has 3 aromatic rings. The monoisotopic (exact) mass is 388 g/mol. The van der Waals surface area contributed by atoms with Crippen molar-refractivity contribution in [3.05, 3.63) is 53.9 Å². The Morgan fingerprint density at radius 1 is 1.19 bits per heavy atom. The maximum absolute atomic E-state index is 12.7. The van der Waals surface area contributed by atoms with E-state index >= 15 is 0 Å². The fourth-order valence-corrected chi connectivity index (χ4v) is 3.60. The zero-order valence-electron chi connectivity index (χ0n) is 14.4. The van der Waals surface area contributed by atoms with Crippen LogP contribution in [0.15, 0.2) is 47.4 Å². The smallest absolute Gasteiger partial charge is 0.290 e. The van der Waals surface area contributed by atoms with Crippen molar-refractivity contribution < 1.29 is 17.9 Å². The van der Waals surface area contributed by atoms with Gasteiger partial charge in [-0.25, -0.2) is 8.42 Å². The Morgan fingerprint density at radius 2 is 1.89 bits per heavy atom. The molecule has 0 bridgehead atoms. The Kier molecular flexibility index (Phi) is 4.77. The third-order valence-electron chi connectivity index (χ3n) is 3.59. The predicted molar refractivity (Wildman–Crippen MR) is 96.2 cm³/mol. The fourth-order valence-electron chi connectivity index (χ4n) is 2.29. The summed E-state index contributed by atoms with van der Waals surface area (Å²) in [5.74, 6) is -0.764. The van der Waals surface area contributed by atoms with Gasteiger partial charge in [0.2, 0.25) is 0 Å². The quantitative estimate of drug-likeness (QED) is 0.638. The normalized spacial score (nSPS) is 11.2. The number of nitrogens with zero attached hydrogens (tertiary/aromatic N) is 4. The van der Waals surface area contributed by atoms with Gasteiger partial charge in [0.05, 0.1) is 12.8 Å². The number of sulfonamides is 1. The number of hydrogen-bond acceptors (Lipinski definition) is 7. The molecule has 27 heavy (non-hydrogen) atoms. The van der Waals surface area contributed by atoms with Gasteiger partial charge in [-0.05, 0) is 54.1 Å². The minimum Gasteiger partial charge on any atom is -0.495 e. The third-order valence-corrected chi connectivity index (χ3v) is 5.00. The molecule has 0 aliphatic heterocycles. The number of nitrogens with two attached hydrogens (primary N) is 1. The highest BCUT2D eigenvalue weighted by atomic mass is 32.2. The van der Waals surface area contributed by atoms with Crippen LogP contribution in [0.2, 0.25) is 0 Å². The lowest BCUT2D eigenvalue weighted by atomic mass is 10.2. The molecule has 140 valence electrons. The molecule has 0 aliphatic rings. The molecule has 1 amide bonds. The Balaban J connectivity index is 1.85. The summed E-state index contributed by atoms with van der Waals surface area (Å²) in [5.41, 5.74) is 6.68. The van der Waals surface area contributed by atoms with Crippen LogP contribution in [0.4, 0.5) is 5.69 Å². The standard InChI is InChI=1S/C16H16N6O4S/c1-10-3-8-13(26-2)14(9-10)27(24,25)20-11-4-6-12(7-5-11)22-19-16(15(17)23)18-21-22/h3-9,20H,1-2H3,(H2,17,23). The third kappa shape index (κ3) is 3.87. The molecule has 0 atom stereocenters. The fraction of sp³-hybridized carbons (Fsp3) is 0.125. The molecule has 0 spiro atoms. The van der Waals surface area contributed by atoms with Crippen molar-refractivity contribution in [1.29, 1.82) is 0 Å². The van der Waals surface area contributed by atoms with Crippen LogP contribution in [0, 0.1) is 6.92 Å². The van der Waals surface area contributed by atoms with Crippen molar-refractivity contribution in [2.24, 2.45) is 5.73 Å². The number of tetrazole rings is 1. The zero-order valence-corrected chi connectivity index (χ0v) is 15.3. The number of benzene rings is 2. The van der Waals surface area contributed by atoms with Gasteiger partial charge in [-0.15, -0.1) is 15.0 Å². The van der Waals surface area contributed by atoms with E-state index in [9.17, 15) is 13.2 Å². The Hall–Kier alpha value is -3.47. The first-order valence-electron chi connectivity index (χ1n) is 7.68. The van der Waals surface area contributed by atoms with Gasteiger partial charge >= 0.3 is 0 Å². The van der Waals surface area contributed by atoms with Crippen molar-refractivity contribution in [2.75, 3.05) is 11.8 Å². The number of anilines is 1. The summed E-state index contributed by atoms with van der Waals surface area (Å²) in [6.45, 7) is 1.79. The van der Waals surface area contributed by atoms with Crippen LogP contribution in [0.25, 0.3) is 5.69 Å². The molecule has 0 aliphatic carbocycles. The van der Waals surface area contributed by atoms with E-state index in [4.69, 9.17) is 10.5 Å². The number of carbonyl (C=O) groups is 1. The molecular formula is C16H16N6O4S. The first kappa shape index (κ1) is 18.3. The van der Waals surface area contributed by atoms with Gasteiger partial charge < -0.3 is 10.5 Å². The number of ether oxygens (including phenoxy) is 1. The Labute approximate surface area is 155 Å². The van der Waals surface area contributed by atoms with E-state index < -0.39 is 15.9 Å². The SMILES string of the molecule is COc1ccc(C)cc1S(=O)(=O)Nc1ccc(-n2nnc(C(N)=O)n2)cc1. The van der Waals surface area contributed by atoms with Gasteiger partial charge in [0, 0.05) is 5.69 Å². The van der Waals surface area contributed by atoms with Crippen LogP contribution in [0.5, 0.6) is 5.75 Å². The van der Waals surface area contributed by atoms with Crippen molar-refractivity contribution >= 4 is 21.6 Å². The van der Waals surface area contributed by atoms with Gasteiger partial charge in [-0.1, -0.05) is 6.07 Å². The van der Waals surface area contributed by atoms with Crippen molar-refractivity contribution in [2.45, 2.75) is 11.8 Å². The second-order valence-electron chi connectivity index (χ2n) is 5.57. The largest absolute Gasteiger partial charge is 0.495 e. The number of hydrogen-bond donors (Lipinski definition) is 2. The van der Waals surface area contributed by atoms with Crippen LogP contribution < -0.4 is 15.2 Å². The van der Waals surface area contributed by atoms with Crippen LogP contribution in [-0.4, -0.2) is 41.6 Å². The van der Waals surface area contributed by atoms with Crippen molar-refractivity contribution in [3.8, 4) is 11.4 Å². The van der Waals surface area contributed by atoms with Gasteiger partial charge in [-0.3, -0.25) is 9.52 Å². The first-order valence-corrected chi connectivity index (χ1v) is 9.16. The zero-order chi connectivity index (χ0) is 19.6. The molecule has 1 aromatic heterocycles. The van der Waals surface area contributed by atoms with Gasteiger partial charge in [0.25, 0.3) is 21.8 Å². The predicted octanol–water partition coefficient (Wildman–Crippen LogP) is 0.879. The molecule has 11 heteroatoms. The van der Waals surface area contributed by atoms with E-state index in [0.29, 0.717) is 11.4 Å². The Morgan fingerprint density at radius 3 is 2.48 bits per heavy atom. The second kappa shape index (κ2) is 7.03. The molecule has 0 fully saturated rings. The lowest BCUT2D eigenvalue weighted by Gasteiger charge is -2.12. The molecule has 2 aromatic carbocycles. The highest BCUT2D eigenvalue weighted by Crippen LogP contribution is 2.27. The molecule has 3 N–H and O–H groups in total. The summed E-state index contributed by atoms with van der Waals surface area (Å²) >= 11 is 0. The van der Waals surface area contributed by atoms with Crippen LogP contribution >= 0.6 is 0 Å². The number of carbonyl (C=O) groups excluding carboxylic acids is 1. The lowest BCUT2D eigenvalue weighted by molar-refractivity contribution is 0.0990. The Bertz CT molecular complexity index is 1090. The van der Waals surface area contributed by atoms with E-state index in [1.54, 1.807) is 31.2 Å². The number of nitrogens with one attached hydrogen (secondary N) is 1. The van der Waals surface area contributed by atoms with Crippen LogP contribution in [-0.2, 0) is 10.0 Å². The first-order chi connectivity index (χ1) is 12.8. The highest BCUT2D eigenvalue weighted by Gasteiger charge is 2.20. The number of aromatic nitrogens is 4. The summed E-state index contributed by atoms with van der Waals surface area (Å²) in [7, 11) is -2.44. The van der Waals surface area contributed by atoms with E-state index in [2.05, 4.69) is 20.1 Å². The molecule has 0 radical (unpaired) electrons. The topological polar surface area (TPSA) is 142 Å². The summed E-state index contributed by atoms with van der Waals surface area (Å²) < 4.78 is 33.0. The molecule has 0 saturated heterocycles.